The number of amides is 1. The van der Waals surface area contributed by atoms with Crippen LogP contribution in [0.3, 0.4) is 0 Å². The van der Waals surface area contributed by atoms with Crippen LogP contribution in [0.5, 0.6) is 0 Å². The van der Waals surface area contributed by atoms with Crippen LogP contribution in [0, 0.1) is 0 Å². The molecule has 2 heterocycles. The molecule has 0 bridgehead atoms. The molecular weight excluding hydrogens is 282 g/mol. The molecule has 1 aliphatic heterocycles. The molecule has 1 fully saturated rings. The minimum absolute atomic E-state index is 0.0253. The van der Waals surface area contributed by atoms with E-state index in [-0.39, 0.29) is 12.0 Å². The van der Waals surface area contributed by atoms with Crippen molar-refractivity contribution in [3.05, 3.63) is 30.1 Å². The van der Waals surface area contributed by atoms with E-state index < -0.39 is 0 Å². The molecule has 1 aromatic carbocycles. The number of aryl methyl sites for hydroxylation is 1. The Bertz CT molecular complexity index is 668. The van der Waals surface area contributed by atoms with Crippen LogP contribution in [-0.4, -0.2) is 59.4 Å². The number of carbonyl (C=O) groups is 1. The van der Waals surface area contributed by atoms with Gasteiger partial charge in [-0.3, -0.25) is 4.79 Å². The van der Waals surface area contributed by atoms with Crippen LogP contribution in [0.2, 0.25) is 0 Å². The van der Waals surface area contributed by atoms with Crippen molar-refractivity contribution in [1.29, 1.82) is 0 Å². The Morgan fingerprint density at radius 3 is 3.18 bits per heavy atom. The van der Waals surface area contributed by atoms with Crippen molar-refractivity contribution in [2.45, 2.75) is 13.0 Å². The Labute approximate surface area is 129 Å². The van der Waals surface area contributed by atoms with Gasteiger partial charge in [-0.25, -0.2) is 4.98 Å². The maximum atomic E-state index is 12.7. The number of benzene rings is 1. The van der Waals surface area contributed by atoms with Crippen molar-refractivity contribution in [3.8, 4) is 0 Å². The minimum atomic E-state index is -0.0452. The fraction of sp³-hybridized carbons (Fsp3) is 0.500. The number of morpholine rings is 1. The highest BCUT2D eigenvalue weighted by molar-refractivity contribution is 5.97. The molecule has 0 saturated carbocycles. The molecule has 0 spiro atoms. The maximum Gasteiger partial charge on any atom is 0.254 e. The zero-order chi connectivity index (χ0) is 15.5. The van der Waals surface area contributed by atoms with Crippen LogP contribution in [-0.2, 0) is 16.5 Å². The van der Waals surface area contributed by atoms with Gasteiger partial charge in [-0.1, -0.05) is 0 Å². The molecule has 6 heteroatoms. The summed E-state index contributed by atoms with van der Waals surface area (Å²) in [7, 11) is 1.94. The van der Waals surface area contributed by atoms with E-state index in [9.17, 15) is 4.79 Å². The van der Waals surface area contributed by atoms with Crippen molar-refractivity contribution in [1.82, 2.24) is 14.5 Å². The lowest BCUT2D eigenvalue weighted by Gasteiger charge is -2.32. The lowest BCUT2D eigenvalue weighted by atomic mass is 10.1. The van der Waals surface area contributed by atoms with Gasteiger partial charge in [0, 0.05) is 32.3 Å². The van der Waals surface area contributed by atoms with Gasteiger partial charge in [0.2, 0.25) is 0 Å². The van der Waals surface area contributed by atoms with Crippen LogP contribution in [0.1, 0.15) is 17.3 Å². The lowest BCUT2D eigenvalue weighted by molar-refractivity contribution is -0.0597. The summed E-state index contributed by atoms with van der Waals surface area (Å²) in [5.74, 6) is 0.0253. The van der Waals surface area contributed by atoms with Crippen molar-refractivity contribution in [2.75, 3.05) is 32.9 Å². The second-order valence-corrected chi connectivity index (χ2v) is 5.46. The normalized spacial score (nSPS) is 18.8. The van der Waals surface area contributed by atoms with Crippen molar-refractivity contribution < 1.29 is 14.3 Å². The van der Waals surface area contributed by atoms with Gasteiger partial charge in [-0.15, -0.1) is 0 Å². The van der Waals surface area contributed by atoms with Crippen LogP contribution in [0.15, 0.2) is 24.5 Å². The molecule has 1 amide bonds. The molecule has 1 aliphatic rings. The summed E-state index contributed by atoms with van der Waals surface area (Å²) in [5, 5.41) is 0. The summed E-state index contributed by atoms with van der Waals surface area (Å²) in [6.45, 7) is 4.87. The van der Waals surface area contributed by atoms with Gasteiger partial charge in [-0.05, 0) is 25.1 Å². The van der Waals surface area contributed by atoms with Gasteiger partial charge in [-0.2, -0.15) is 0 Å². The van der Waals surface area contributed by atoms with Gasteiger partial charge < -0.3 is 18.9 Å². The van der Waals surface area contributed by atoms with Crippen LogP contribution >= 0.6 is 0 Å². The Hall–Kier alpha value is -1.92. The number of imidazole rings is 1. The summed E-state index contributed by atoms with van der Waals surface area (Å²) in [6.07, 6.45) is 1.71. The number of hydrogen-bond acceptors (Lipinski definition) is 4. The summed E-state index contributed by atoms with van der Waals surface area (Å²) in [6, 6.07) is 5.65. The number of hydrogen-bond donors (Lipinski definition) is 0. The number of ether oxygens (including phenoxy) is 2. The molecule has 118 valence electrons. The van der Waals surface area contributed by atoms with E-state index in [1.54, 1.807) is 6.33 Å². The van der Waals surface area contributed by atoms with E-state index >= 15 is 0 Å². The third kappa shape index (κ3) is 2.98. The standard InChI is InChI=1S/C16H21N3O3/c1-3-21-10-13-9-19(6-7-22-13)16(20)12-4-5-15-14(8-12)17-11-18(15)2/h4-5,8,11,13H,3,6-7,9-10H2,1-2H3. The summed E-state index contributed by atoms with van der Waals surface area (Å²) in [4.78, 5) is 18.8. The van der Waals surface area contributed by atoms with E-state index in [0.29, 0.717) is 38.5 Å². The zero-order valence-electron chi connectivity index (χ0n) is 13.0. The number of fused-ring (bicyclic) bond motifs is 1. The Kier molecular flexibility index (Phi) is 4.40. The molecule has 3 rings (SSSR count). The highest BCUT2D eigenvalue weighted by Crippen LogP contribution is 2.17. The first-order valence-corrected chi connectivity index (χ1v) is 7.58. The smallest absolute Gasteiger partial charge is 0.254 e. The topological polar surface area (TPSA) is 56.6 Å². The maximum absolute atomic E-state index is 12.7. The molecule has 2 aromatic rings. The second kappa shape index (κ2) is 6.46. The average Bonchev–Trinajstić information content (AvgIpc) is 2.93. The number of rotatable bonds is 4. The first-order chi connectivity index (χ1) is 10.7. The third-order valence-corrected chi connectivity index (χ3v) is 3.91. The fourth-order valence-electron chi connectivity index (χ4n) is 2.71. The SMILES string of the molecule is CCOCC1CN(C(=O)c2ccc3c(c2)ncn3C)CCO1. The second-order valence-electron chi connectivity index (χ2n) is 5.46. The van der Waals surface area contributed by atoms with Gasteiger partial charge >= 0.3 is 0 Å². The van der Waals surface area contributed by atoms with E-state index in [2.05, 4.69) is 4.98 Å². The highest BCUT2D eigenvalue weighted by Gasteiger charge is 2.25. The monoisotopic (exact) mass is 303 g/mol. The van der Waals surface area contributed by atoms with Crippen molar-refractivity contribution >= 4 is 16.9 Å². The molecule has 0 aliphatic carbocycles. The molecule has 1 unspecified atom stereocenters. The predicted molar refractivity (Wildman–Crippen MR) is 82.9 cm³/mol. The Morgan fingerprint density at radius 2 is 2.36 bits per heavy atom. The van der Waals surface area contributed by atoms with E-state index in [0.717, 1.165) is 11.0 Å². The summed E-state index contributed by atoms with van der Waals surface area (Å²) in [5.41, 5.74) is 2.53. The van der Waals surface area contributed by atoms with Gasteiger partial charge in [0.25, 0.3) is 5.91 Å². The molecule has 0 N–H and O–H groups in total. The van der Waals surface area contributed by atoms with Crippen LogP contribution in [0.4, 0.5) is 0 Å². The molecule has 1 atom stereocenters. The Balaban J connectivity index is 1.73. The summed E-state index contributed by atoms with van der Waals surface area (Å²) < 4.78 is 13.0. The predicted octanol–water partition coefficient (Wildman–Crippen LogP) is 1.45. The van der Waals surface area contributed by atoms with E-state index in [1.165, 1.54) is 0 Å². The van der Waals surface area contributed by atoms with Crippen LogP contribution < -0.4 is 0 Å². The van der Waals surface area contributed by atoms with Gasteiger partial charge in [0.15, 0.2) is 0 Å². The number of carbonyl (C=O) groups excluding carboxylic acids is 1. The minimum Gasteiger partial charge on any atom is -0.379 e. The zero-order valence-corrected chi connectivity index (χ0v) is 13.0. The van der Waals surface area contributed by atoms with Gasteiger partial charge in [0.05, 0.1) is 36.7 Å². The van der Waals surface area contributed by atoms with E-state index in [1.807, 2.05) is 41.6 Å². The number of nitrogens with zero attached hydrogens (tertiary/aromatic N) is 3. The molecular formula is C16H21N3O3. The largest absolute Gasteiger partial charge is 0.379 e. The van der Waals surface area contributed by atoms with E-state index in [4.69, 9.17) is 9.47 Å². The first kappa shape index (κ1) is 15.0. The molecule has 22 heavy (non-hydrogen) atoms. The highest BCUT2D eigenvalue weighted by atomic mass is 16.5. The fourth-order valence-corrected chi connectivity index (χ4v) is 2.71. The average molecular weight is 303 g/mol. The van der Waals surface area contributed by atoms with Crippen molar-refractivity contribution in [3.63, 3.8) is 0 Å². The molecule has 0 radical (unpaired) electrons. The quantitative estimate of drug-likeness (QED) is 0.858. The third-order valence-electron chi connectivity index (χ3n) is 3.91. The molecule has 6 nitrogen and oxygen atoms in total. The first-order valence-electron chi connectivity index (χ1n) is 7.58. The lowest BCUT2D eigenvalue weighted by Crippen LogP contribution is -2.47. The number of aromatic nitrogens is 2. The van der Waals surface area contributed by atoms with Gasteiger partial charge in [0.1, 0.15) is 0 Å². The van der Waals surface area contributed by atoms with Crippen molar-refractivity contribution in [2.24, 2.45) is 7.05 Å². The summed E-state index contributed by atoms with van der Waals surface area (Å²) >= 11 is 0. The Morgan fingerprint density at radius 1 is 1.50 bits per heavy atom. The molecule has 1 aromatic heterocycles. The molecule has 1 saturated heterocycles. The van der Waals surface area contributed by atoms with Crippen LogP contribution in [0.25, 0.3) is 11.0 Å².